The van der Waals surface area contributed by atoms with Crippen LogP contribution in [-0.2, 0) is 4.79 Å². The molecule has 0 aliphatic carbocycles. The summed E-state index contributed by atoms with van der Waals surface area (Å²) in [6.07, 6.45) is 3.64. The quantitative estimate of drug-likeness (QED) is 0.197. The van der Waals surface area contributed by atoms with Crippen molar-refractivity contribution >= 4 is 40.3 Å². The van der Waals surface area contributed by atoms with E-state index in [4.69, 9.17) is 17.0 Å². The predicted molar refractivity (Wildman–Crippen MR) is 148 cm³/mol. The lowest BCUT2D eigenvalue weighted by atomic mass is 10.0. The number of pyridine rings is 1. The van der Waals surface area contributed by atoms with Crippen LogP contribution in [0.3, 0.4) is 0 Å². The average Bonchev–Trinajstić information content (AvgIpc) is 3.53. The number of carbonyl (C=O) groups is 1. The van der Waals surface area contributed by atoms with Crippen LogP contribution in [0.4, 0.5) is 17.1 Å². The highest BCUT2D eigenvalue weighted by Gasteiger charge is 2.42. The van der Waals surface area contributed by atoms with Crippen molar-refractivity contribution in [3.8, 4) is 11.4 Å². The third-order valence-electron chi connectivity index (χ3n) is 6.29. The molecular weight excluding hydrogens is 504 g/mol. The van der Waals surface area contributed by atoms with Crippen LogP contribution in [0.25, 0.3) is 5.69 Å². The Morgan fingerprint density at radius 1 is 1.11 bits per heavy atom. The maximum Gasteiger partial charge on any atom is 0.269 e. The van der Waals surface area contributed by atoms with Crippen LogP contribution < -0.4 is 20.3 Å². The highest BCUT2D eigenvalue weighted by Crippen LogP contribution is 2.43. The normalized spacial score (nSPS) is 16.7. The van der Waals surface area contributed by atoms with Crippen LogP contribution in [0.1, 0.15) is 30.4 Å². The Kier molecular flexibility index (Phi) is 6.75. The number of nitro groups is 1. The number of ether oxygens (including phenoxy) is 1. The molecule has 192 valence electrons. The van der Waals surface area contributed by atoms with Crippen molar-refractivity contribution in [2.24, 2.45) is 0 Å². The lowest BCUT2D eigenvalue weighted by Crippen LogP contribution is -2.30. The van der Waals surface area contributed by atoms with Crippen LogP contribution in [0.2, 0.25) is 0 Å². The number of nitrogens with zero attached hydrogens (tertiary/aromatic N) is 4. The van der Waals surface area contributed by atoms with Gasteiger partial charge in [-0.25, -0.2) is 0 Å². The summed E-state index contributed by atoms with van der Waals surface area (Å²) < 4.78 is 7.42. The van der Waals surface area contributed by atoms with E-state index in [0.717, 1.165) is 22.8 Å². The van der Waals surface area contributed by atoms with E-state index in [9.17, 15) is 14.9 Å². The van der Waals surface area contributed by atoms with Crippen molar-refractivity contribution in [3.63, 3.8) is 0 Å². The van der Waals surface area contributed by atoms with Gasteiger partial charge in [0.05, 0.1) is 29.5 Å². The van der Waals surface area contributed by atoms with Crippen molar-refractivity contribution in [1.29, 1.82) is 0 Å². The fraction of sp³-hybridized carbons (Fsp3) is 0.148. The Labute approximate surface area is 224 Å². The third-order valence-corrected chi connectivity index (χ3v) is 6.61. The zero-order valence-corrected chi connectivity index (χ0v) is 21.4. The predicted octanol–water partition coefficient (Wildman–Crippen LogP) is 4.92. The van der Waals surface area contributed by atoms with E-state index in [1.54, 1.807) is 31.5 Å². The number of amides is 1. The molecule has 11 heteroatoms. The first-order valence-corrected chi connectivity index (χ1v) is 12.2. The Morgan fingerprint density at radius 2 is 1.87 bits per heavy atom. The largest absolute Gasteiger partial charge is 0.495 e. The van der Waals surface area contributed by atoms with Gasteiger partial charge in [0.15, 0.2) is 5.11 Å². The van der Waals surface area contributed by atoms with Crippen molar-refractivity contribution in [1.82, 2.24) is 14.9 Å². The van der Waals surface area contributed by atoms with Gasteiger partial charge in [-0.15, -0.1) is 0 Å². The molecule has 4 aromatic rings. The van der Waals surface area contributed by atoms with Gasteiger partial charge in [-0.05, 0) is 66.8 Å². The number of aromatic nitrogens is 2. The Morgan fingerprint density at radius 3 is 2.53 bits per heavy atom. The van der Waals surface area contributed by atoms with Gasteiger partial charge in [0.2, 0.25) is 5.91 Å². The molecule has 1 aliphatic rings. The van der Waals surface area contributed by atoms with Crippen LogP contribution in [0.15, 0.2) is 85.2 Å². The van der Waals surface area contributed by atoms with Crippen LogP contribution >= 0.6 is 12.2 Å². The van der Waals surface area contributed by atoms with Crippen molar-refractivity contribution in [3.05, 3.63) is 107 Å². The van der Waals surface area contributed by atoms with E-state index in [1.807, 2.05) is 58.1 Å². The van der Waals surface area contributed by atoms with Gasteiger partial charge in [-0.1, -0.05) is 6.07 Å². The van der Waals surface area contributed by atoms with Crippen molar-refractivity contribution < 1.29 is 14.5 Å². The molecule has 1 fully saturated rings. The number of hydrogen-bond donors (Lipinski definition) is 2. The van der Waals surface area contributed by atoms with Crippen LogP contribution in [-0.4, -0.2) is 32.6 Å². The molecule has 2 atom stereocenters. The van der Waals surface area contributed by atoms with Gasteiger partial charge >= 0.3 is 0 Å². The summed E-state index contributed by atoms with van der Waals surface area (Å²) in [6, 6.07) is 20.8. The van der Waals surface area contributed by atoms with E-state index in [-0.39, 0.29) is 23.7 Å². The van der Waals surface area contributed by atoms with Gasteiger partial charge in [-0.2, -0.15) is 0 Å². The second-order valence-electron chi connectivity index (χ2n) is 8.64. The van der Waals surface area contributed by atoms with Gasteiger partial charge in [0, 0.05) is 48.5 Å². The average molecular weight is 529 g/mol. The van der Waals surface area contributed by atoms with Crippen LogP contribution in [0, 0.1) is 10.1 Å². The fourth-order valence-electron chi connectivity index (χ4n) is 4.67. The summed E-state index contributed by atoms with van der Waals surface area (Å²) in [5, 5.41) is 17.9. The zero-order valence-electron chi connectivity index (χ0n) is 20.6. The van der Waals surface area contributed by atoms with Gasteiger partial charge in [0.25, 0.3) is 5.69 Å². The van der Waals surface area contributed by atoms with Gasteiger partial charge in [0.1, 0.15) is 11.8 Å². The smallest absolute Gasteiger partial charge is 0.269 e. The number of methoxy groups -OCH3 is 1. The number of thiocarbonyl (C=S) groups is 1. The Balaban J connectivity index is 1.64. The molecule has 2 unspecified atom stereocenters. The topological polar surface area (TPSA) is 115 Å². The molecule has 1 amide bonds. The minimum absolute atomic E-state index is 0.0166. The minimum Gasteiger partial charge on any atom is -0.495 e. The number of rotatable bonds is 7. The second-order valence-corrected chi connectivity index (χ2v) is 9.03. The van der Waals surface area contributed by atoms with E-state index >= 15 is 0 Å². The molecule has 38 heavy (non-hydrogen) atoms. The van der Waals surface area contributed by atoms with Crippen molar-refractivity contribution in [2.45, 2.75) is 19.0 Å². The number of nitrogens with one attached hydrogen (secondary N) is 2. The summed E-state index contributed by atoms with van der Waals surface area (Å²) in [5.41, 5.74) is 3.73. The first-order chi connectivity index (χ1) is 18.4. The number of carbonyl (C=O) groups excluding carboxylic acids is 1. The maximum absolute atomic E-state index is 11.9. The maximum atomic E-state index is 11.9. The van der Waals surface area contributed by atoms with Gasteiger partial charge in [-0.3, -0.25) is 19.9 Å². The molecule has 10 nitrogen and oxygen atoms in total. The van der Waals surface area contributed by atoms with E-state index in [2.05, 4.69) is 15.6 Å². The summed E-state index contributed by atoms with van der Waals surface area (Å²) in [5.74, 6) is 0.298. The highest BCUT2D eigenvalue weighted by atomic mass is 32.1. The molecule has 0 bridgehead atoms. The molecule has 1 aliphatic heterocycles. The number of hydrogen-bond acceptors (Lipinski definition) is 6. The third kappa shape index (κ3) is 4.66. The molecule has 0 spiro atoms. The van der Waals surface area contributed by atoms with Gasteiger partial charge < -0.3 is 24.8 Å². The molecule has 2 N–H and O–H groups in total. The lowest BCUT2D eigenvalue weighted by Gasteiger charge is -2.29. The highest BCUT2D eigenvalue weighted by molar-refractivity contribution is 7.80. The van der Waals surface area contributed by atoms with E-state index in [1.165, 1.54) is 19.1 Å². The standard InChI is InChI=1S/C27H24N6O4S/c1-17(34)29-22-16-20(12-13-24(22)37-2)32-26(25(30-27(32)38)21-6-3-4-14-28-21)23-7-5-15-31(23)18-8-10-19(11-9-18)33(35)36/h3-16,25-26H,1-2H3,(H,29,34)(H,30,38). The molecule has 3 heterocycles. The molecule has 1 saturated heterocycles. The summed E-state index contributed by atoms with van der Waals surface area (Å²) in [4.78, 5) is 29.2. The molecule has 0 saturated carbocycles. The number of benzene rings is 2. The molecular formula is C27H24N6O4S. The number of non-ortho nitro benzene ring substituents is 1. The van der Waals surface area contributed by atoms with E-state index < -0.39 is 4.92 Å². The molecule has 2 aromatic heterocycles. The Hall–Kier alpha value is -4.77. The summed E-state index contributed by atoms with van der Waals surface area (Å²) >= 11 is 5.83. The Bertz CT molecular complexity index is 1510. The fourth-order valence-corrected chi connectivity index (χ4v) is 5.02. The first-order valence-electron chi connectivity index (χ1n) is 11.8. The zero-order chi connectivity index (χ0) is 26.8. The summed E-state index contributed by atoms with van der Waals surface area (Å²) in [6.45, 7) is 1.44. The minimum atomic E-state index is -0.422. The van der Waals surface area contributed by atoms with Crippen molar-refractivity contribution in [2.75, 3.05) is 17.3 Å². The molecule has 2 aromatic carbocycles. The van der Waals surface area contributed by atoms with E-state index in [0.29, 0.717) is 16.5 Å². The van der Waals surface area contributed by atoms with Crippen LogP contribution in [0.5, 0.6) is 5.75 Å². The summed E-state index contributed by atoms with van der Waals surface area (Å²) in [7, 11) is 1.54. The monoisotopic (exact) mass is 528 g/mol. The number of nitro benzene ring substituents is 1. The first kappa shape index (κ1) is 24.9. The second kappa shape index (κ2) is 10.3. The number of anilines is 2. The lowest BCUT2D eigenvalue weighted by molar-refractivity contribution is -0.384. The molecule has 5 rings (SSSR count). The molecule has 0 radical (unpaired) electrons. The SMILES string of the molecule is COc1ccc(N2C(=S)NC(c3ccccn3)C2c2cccn2-c2ccc([N+](=O)[O-])cc2)cc1NC(C)=O.